The van der Waals surface area contributed by atoms with Crippen molar-refractivity contribution in [2.45, 2.75) is 6.10 Å². The van der Waals surface area contributed by atoms with Crippen molar-refractivity contribution < 1.29 is 19.0 Å². The first-order valence-electron chi connectivity index (χ1n) is 6.50. The Bertz CT molecular complexity index is 455. The second kappa shape index (κ2) is 7.47. The zero-order valence-corrected chi connectivity index (χ0v) is 12.1. The summed E-state index contributed by atoms with van der Waals surface area (Å²) in [5, 5.41) is 0.599. The second-order valence-corrected chi connectivity index (χ2v) is 4.87. The molecule has 0 radical (unpaired) electrons. The maximum Gasteiger partial charge on any atom is 0.336 e. The quantitative estimate of drug-likeness (QED) is 0.773. The number of rotatable bonds is 5. The standard InChI is InChI=1S/C14H18ClNO4/c1-18-14(17)13-10-16(7-9-20-13)6-8-19-12-5-3-2-4-11(12)15/h2-5,13H,6-10H2,1H3. The maximum atomic E-state index is 11.4. The van der Waals surface area contributed by atoms with E-state index >= 15 is 0 Å². The molecule has 1 heterocycles. The van der Waals surface area contributed by atoms with E-state index in [0.29, 0.717) is 37.1 Å². The van der Waals surface area contributed by atoms with Crippen molar-refractivity contribution in [3.63, 3.8) is 0 Å². The average Bonchev–Trinajstić information content (AvgIpc) is 2.49. The van der Waals surface area contributed by atoms with E-state index in [-0.39, 0.29) is 5.97 Å². The summed E-state index contributed by atoms with van der Waals surface area (Å²) in [6, 6.07) is 7.36. The molecule has 1 saturated heterocycles. The maximum absolute atomic E-state index is 11.4. The summed E-state index contributed by atoms with van der Waals surface area (Å²) in [6.07, 6.45) is -0.505. The van der Waals surface area contributed by atoms with Gasteiger partial charge >= 0.3 is 5.97 Å². The van der Waals surface area contributed by atoms with Crippen molar-refractivity contribution >= 4 is 17.6 Å². The van der Waals surface area contributed by atoms with E-state index < -0.39 is 6.10 Å². The number of halogens is 1. The van der Waals surface area contributed by atoms with Gasteiger partial charge in [-0.25, -0.2) is 4.79 Å². The molecule has 1 unspecified atom stereocenters. The molecule has 0 spiro atoms. The first-order chi connectivity index (χ1) is 9.70. The van der Waals surface area contributed by atoms with E-state index in [1.807, 2.05) is 18.2 Å². The third-order valence-electron chi connectivity index (χ3n) is 3.12. The lowest BCUT2D eigenvalue weighted by atomic mass is 10.3. The van der Waals surface area contributed by atoms with Crippen LogP contribution in [0.25, 0.3) is 0 Å². The molecule has 5 nitrogen and oxygen atoms in total. The van der Waals surface area contributed by atoms with Crippen LogP contribution in [0.4, 0.5) is 0 Å². The number of hydrogen-bond acceptors (Lipinski definition) is 5. The molecule has 0 saturated carbocycles. The molecule has 1 aliphatic rings. The van der Waals surface area contributed by atoms with E-state index in [9.17, 15) is 4.79 Å². The molecule has 0 N–H and O–H groups in total. The summed E-state index contributed by atoms with van der Waals surface area (Å²) < 4.78 is 15.7. The van der Waals surface area contributed by atoms with E-state index in [2.05, 4.69) is 9.64 Å². The fourth-order valence-corrected chi connectivity index (χ4v) is 2.22. The molecule has 2 rings (SSSR count). The van der Waals surface area contributed by atoms with Crippen LogP contribution in [-0.4, -0.2) is 56.9 Å². The largest absolute Gasteiger partial charge is 0.491 e. The predicted molar refractivity (Wildman–Crippen MR) is 75.1 cm³/mol. The minimum atomic E-state index is -0.505. The zero-order chi connectivity index (χ0) is 14.4. The molecular weight excluding hydrogens is 282 g/mol. The Hall–Kier alpha value is -1.30. The van der Waals surface area contributed by atoms with E-state index in [0.717, 1.165) is 6.54 Å². The Labute approximate surface area is 123 Å². The molecular formula is C14H18ClNO4. The van der Waals surface area contributed by atoms with Crippen LogP contribution in [0.15, 0.2) is 24.3 Å². The molecule has 1 fully saturated rings. The van der Waals surface area contributed by atoms with Crippen molar-refractivity contribution in [3.8, 4) is 5.75 Å². The number of carbonyl (C=O) groups is 1. The summed E-state index contributed by atoms with van der Waals surface area (Å²) in [5.41, 5.74) is 0. The molecule has 0 aliphatic carbocycles. The SMILES string of the molecule is COC(=O)C1CN(CCOc2ccccc2Cl)CCO1. The molecule has 20 heavy (non-hydrogen) atoms. The fourth-order valence-electron chi connectivity index (χ4n) is 2.03. The zero-order valence-electron chi connectivity index (χ0n) is 11.4. The van der Waals surface area contributed by atoms with Gasteiger partial charge in [0.25, 0.3) is 0 Å². The highest BCUT2D eigenvalue weighted by molar-refractivity contribution is 6.32. The monoisotopic (exact) mass is 299 g/mol. The van der Waals surface area contributed by atoms with Gasteiger partial charge in [0.05, 0.1) is 18.7 Å². The predicted octanol–water partition coefficient (Wildman–Crippen LogP) is 1.59. The number of esters is 1. The number of benzene rings is 1. The van der Waals surface area contributed by atoms with Crippen LogP contribution in [-0.2, 0) is 14.3 Å². The van der Waals surface area contributed by atoms with Gasteiger partial charge in [-0.05, 0) is 12.1 Å². The van der Waals surface area contributed by atoms with Gasteiger partial charge in [-0.2, -0.15) is 0 Å². The van der Waals surface area contributed by atoms with Gasteiger partial charge in [-0.15, -0.1) is 0 Å². The van der Waals surface area contributed by atoms with E-state index in [1.54, 1.807) is 6.07 Å². The van der Waals surface area contributed by atoms with Gasteiger partial charge in [0.15, 0.2) is 6.10 Å². The van der Waals surface area contributed by atoms with Crippen LogP contribution >= 0.6 is 11.6 Å². The molecule has 1 aliphatic heterocycles. The van der Waals surface area contributed by atoms with Crippen molar-refractivity contribution in [1.29, 1.82) is 0 Å². The lowest BCUT2D eigenvalue weighted by Crippen LogP contribution is -2.47. The number of morpholine rings is 1. The molecule has 110 valence electrons. The van der Waals surface area contributed by atoms with Gasteiger partial charge in [-0.1, -0.05) is 23.7 Å². The van der Waals surface area contributed by atoms with Crippen molar-refractivity contribution in [3.05, 3.63) is 29.3 Å². The summed E-state index contributed by atoms with van der Waals surface area (Å²) in [7, 11) is 1.37. The average molecular weight is 300 g/mol. The van der Waals surface area contributed by atoms with E-state index in [4.69, 9.17) is 21.1 Å². The third kappa shape index (κ3) is 4.10. The molecule has 1 aromatic rings. The summed E-state index contributed by atoms with van der Waals surface area (Å²) in [6.45, 7) is 3.05. The smallest absolute Gasteiger partial charge is 0.336 e. The van der Waals surface area contributed by atoms with E-state index in [1.165, 1.54) is 7.11 Å². The Balaban J connectivity index is 1.77. The van der Waals surface area contributed by atoms with Crippen LogP contribution in [0.5, 0.6) is 5.75 Å². The number of methoxy groups -OCH3 is 1. The Kier molecular flexibility index (Phi) is 5.64. The number of nitrogens with zero attached hydrogens (tertiary/aromatic N) is 1. The summed E-state index contributed by atoms with van der Waals surface area (Å²) in [4.78, 5) is 13.5. The highest BCUT2D eigenvalue weighted by atomic mass is 35.5. The highest BCUT2D eigenvalue weighted by Crippen LogP contribution is 2.22. The van der Waals surface area contributed by atoms with Crippen molar-refractivity contribution in [2.75, 3.05) is 40.0 Å². The first kappa shape index (κ1) is 15.1. The van der Waals surface area contributed by atoms with Crippen molar-refractivity contribution in [2.24, 2.45) is 0 Å². The molecule has 6 heteroatoms. The molecule has 1 atom stereocenters. The van der Waals surface area contributed by atoms with Crippen LogP contribution in [0.2, 0.25) is 5.02 Å². The topological polar surface area (TPSA) is 48.0 Å². The minimum absolute atomic E-state index is 0.332. The molecule has 0 amide bonds. The Morgan fingerprint density at radius 3 is 3.05 bits per heavy atom. The Morgan fingerprint density at radius 2 is 2.30 bits per heavy atom. The number of ether oxygens (including phenoxy) is 3. The van der Waals surface area contributed by atoms with Crippen LogP contribution in [0.3, 0.4) is 0 Å². The second-order valence-electron chi connectivity index (χ2n) is 4.46. The number of carbonyl (C=O) groups excluding carboxylic acids is 1. The van der Waals surface area contributed by atoms with Crippen LogP contribution < -0.4 is 4.74 Å². The summed E-state index contributed by atoms with van der Waals surface area (Å²) in [5.74, 6) is 0.341. The van der Waals surface area contributed by atoms with Gasteiger partial charge in [0.2, 0.25) is 0 Å². The van der Waals surface area contributed by atoms with Gasteiger partial charge in [0, 0.05) is 19.6 Å². The van der Waals surface area contributed by atoms with Gasteiger partial charge in [-0.3, -0.25) is 4.90 Å². The number of para-hydroxylation sites is 1. The van der Waals surface area contributed by atoms with Gasteiger partial charge in [0.1, 0.15) is 12.4 Å². The third-order valence-corrected chi connectivity index (χ3v) is 3.43. The molecule has 0 aromatic heterocycles. The van der Waals surface area contributed by atoms with Crippen LogP contribution in [0, 0.1) is 0 Å². The highest BCUT2D eigenvalue weighted by Gasteiger charge is 2.27. The molecule has 1 aromatic carbocycles. The van der Waals surface area contributed by atoms with Crippen LogP contribution in [0.1, 0.15) is 0 Å². The lowest BCUT2D eigenvalue weighted by Gasteiger charge is -2.31. The molecule has 0 bridgehead atoms. The minimum Gasteiger partial charge on any atom is -0.491 e. The normalized spacial score (nSPS) is 19.6. The Morgan fingerprint density at radius 1 is 1.50 bits per heavy atom. The lowest BCUT2D eigenvalue weighted by molar-refractivity contribution is -0.159. The number of hydrogen-bond donors (Lipinski definition) is 0. The first-order valence-corrected chi connectivity index (χ1v) is 6.87. The van der Waals surface area contributed by atoms with Gasteiger partial charge < -0.3 is 14.2 Å². The summed E-state index contributed by atoms with van der Waals surface area (Å²) >= 11 is 6.01. The fraction of sp³-hybridized carbons (Fsp3) is 0.500. The van der Waals surface area contributed by atoms with Crippen molar-refractivity contribution in [1.82, 2.24) is 4.90 Å².